The molecule has 0 unspecified atom stereocenters. The topological polar surface area (TPSA) is 156 Å². The SMILES string of the molecule is Cc1nc2ccc(N)c([N+](=O)[O-])c2n1-c1ccc(N)cc1[N+](=O)[O-]. The van der Waals surface area contributed by atoms with Gasteiger partial charge in [0.05, 0.1) is 15.4 Å². The number of nitro benzene ring substituents is 2. The highest BCUT2D eigenvalue weighted by Gasteiger charge is 2.26. The molecule has 10 nitrogen and oxygen atoms in total. The number of nitro groups is 2. The molecule has 2 aromatic carbocycles. The molecule has 3 aromatic rings. The number of fused-ring (bicyclic) bond motifs is 1. The summed E-state index contributed by atoms with van der Waals surface area (Å²) in [4.78, 5) is 25.8. The highest BCUT2D eigenvalue weighted by Crippen LogP contribution is 2.36. The first-order valence-electron chi connectivity index (χ1n) is 6.77. The van der Waals surface area contributed by atoms with Gasteiger partial charge in [-0.2, -0.15) is 0 Å². The molecule has 24 heavy (non-hydrogen) atoms. The molecule has 0 amide bonds. The van der Waals surface area contributed by atoms with Gasteiger partial charge in [-0.05, 0) is 31.2 Å². The predicted molar refractivity (Wildman–Crippen MR) is 87.9 cm³/mol. The van der Waals surface area contributed by atoms with Crippen molar-refractivity contribution in [3.8, 4) is 5.69 Å². The van der Waals surface area contributed by atoms with Crippen LogP contribution in [0.2, 0.25) is 0 Å². The molecule has 0 saturated heterocycles. The number of hydrogen-bond acceptors (Lipinski definition) is 7. The number of aryl methyl sites for hydroxylation is 1. The number of anilines is 2. The summed E-state index contributed by atoms with van der Waals surface area (Å²) >= 11 is 0. The quantitative estimate of drug-likeness (QED) is 0.424. The third-order valence-electron chi connectivity index (χ3n) is 3.61. The fraction of sp³-hybridized carbons (Fsp3) is 0.0714. The molecule has 0 spiro atoms. The molecule has 1 heterocycles. The van der Waals surface area contributed by atoms with Gasteiger partial charge in [0.15, 0.2) is 5.52 Å². The van der Waals surface area contributed by atoms with E-state index in [1.165, 1.54) is 34.9 Å². The van der Waals surface area contributed by atoms with Crippen LogP contribution in [0.5, 0.6) is 0 Å². The number of nitrogen functional groups attached to an aromatic ring is 2. The molecule has 122 valence electrons. The summed E-state index contributed by atoms with van der Waals surface area (Å²) in [5.41, 5.74) is 11.4. The monoisotopic (exact) mass is 328 g/mol. The van der Waals surface area contributed by atoms with E-state index in [4.69, 9.17) is 11.5 Å². The smallest absolute Gasteiger partial charge is 0.318 e. The van der Waals surface area contributed by atoms with Crippen LogP contribution in [0.1, 0.15) is 5.82 Å². The number of rotatable bonds is 3. The lowest BCUT2D eigenvalue weighted by Gasteiger charge is -2.09. The van der Waals surface area contributed by atoms with Crippen LogP contribution in [0.15, 0.2) is 30.3 Å². The molecular weight excluding hydrogens is 316 g/mol. The molecule has 0 aliphatic carbocycles. The van der Waals surface area contributed by atoms with Gasteiger partial charge in [-0.15, -0.1) is 0 Å². The zero-order valence-corrected chi connectivity index (χ0v) is 12.5. The van der Waals surface area contributed by atoms with Crippen molar-refractivity contribution >= 4 is 33.8 Å². The minimum atomic E-state index is -0.627. The Labute approximate surface area is 134 Å². The van der Waals surface area contributed by atoms with Crippen LogP contribution >= 0.6 is 0 Å². The number of imidazole rings is 1. The molecule has 0 fully saturated rings. The van der Waals surface area contributed by atoms with Crippen LogP contribution in [0.3, 0.4) is 0 Å². The van der Waals surface area contributed by atoms with Gasteiger partial charge in [0.1, 0.15) is 17.2 Å². The minimum Gasteiger partial charge on any atom is -0.399 e. The van der Waals surface area contributed by atoms with Gasteiger partial charge in [0.25, 0.3) is 5.69 Å². The molecule has 1 aromatic heterocycles. The van der Waals surface area contributed by atoms with Crippen molar-refractivity contribution in [3.63, 3.8) is 0 Å². The summed E-state index contributed by atoms with van der Waals surface area (Å²) in [5.74, 6) is 0.353. The summed E-state index contributed by atoms with van der Waals surface area (Å²) in [5, 5.41) is 22.8. The van der Waals surface area contributed by atoms with Crippen molar-refractivity contribution in [2.24, 2.45) is 0 Å². The molecule has 4 N–H and O–H groups in total. The molecule has 0 atom stereocenters. The number of benzene rings is 2. The second-order valence-corrected chi connectivity index (χ2v) is 5.13. The molecule has 0 radical (unpaired) electrons. The van der Waals surface area contributed by atoms with E-state index in [1.807, 2.05) is 0 Å². The maximum Gasteiger partial charge on any atom is 0.318 e. The van der Waals surface area contributed by atoms with E-state index in [0.717, 1.165) is 0 Å². The van der Waals surface area contributed by atoms with Crippen LogP contribution in [-0.2, 0) is 0 Å². The van der Waals surface area contributed by atoms with Crippen molar-refractivity contribution in [2.75, 3.05) is 11.5 Å². The van der Waals surface area contributed by atoms with Gasteiger partial charge in [-0.1, -0.05) is 0 Å². The Balaban J connectivity index is 2.48. The summed E-state index contributed by atoms with van der Waals surface area (Å²) in [6, 6.07) is 7.01. The molecule has 0 bridgehead atoms. The molecule has 0 aliphatic heterocycles. The number of nitrogens with two attached hydrogens (primary N) is 2. The Hall–Kier alpha value is -3.69. The Morgan fingerprint density at radius 2 is 1.79 bits per heavy atom. The molecule has 3 rings (SSSR count). The predicted octanol–water partition coefficient (Wildman–Crippen LogP) is 2.31. The fourth-order valence-electron chi connectivity index (χ4n) is 2.64. The van der Waals surface area contributed by atoms with Crippen molar-refractivity contribution in [1.29, 1.82) is 0 Å². The first-order chi connectivity index (χ1) is 11.3. The van der Waals surface area contributed by atoms with Crippen LogP contribution < -0.4 is 11.5 Å². The van der Waals surface area contributed by atoms with Crippen LogP contribution in [0.25, 0.3) is 16.7 Å². The average molecular weight is 328 g/mol. The summed E-state index contributed by atoms with van der Waals surface area (Å²) in [6.45, 7) is 1.60. The van der Waals surface area contributed by atoms with Gasteiger partial charge in [-0.3, -0.25) is 24.8 Å². The normalized spacial score (nSPS) is 10.9. The molecule has 0 aliphatic rings. The molecule has 10 heteroatoms. The Bertz CT molecular complexity index is 1010. The average Bonchev–Trinajstić information content (AvgIpc) is 2.82. The second-order valence-electron chi connectivity index (χ2n) is 5.13. The lowest BCUT2D eigenvalue weighted by Crippen LogP contribution is -2.05. The van der Waals surface area contributed by atoms with E-state index in [2.05, 4.69) is 4.98 Å². The lowest BCUT2D eigenvalue weighted by molar-refractivity contribution is -0.384. The van der Waals surface area contributed by atoms with Gasteiger partial charge >= 0.3 is 5.69 Å². The second kappa shape index (κ2) is 5.19. The first-order valence-corrected chi connectivity index (χ1v) is 6.77. The van der Waals surface area contributed by atoms with E-state index in [1.54, 1.807) is 6.92 Å². The number of aromatic nitrogens is 2. The van der Waals surface area contributed by atoms with Crippen molar-refractivity contribution < 1.29 is 9.85 Å². The highest BCUT2D eigenvalue weighted by atomic mass is 16.6. The zero-order valence-electron chi connectivity index (χ0n) is 12.5. The third-order valence-corrected chi connectivity index (χ3v) is 3.61. The van der Waals surface area contributed by atoms with E-state index in [0.29, 0.717) is 11.3 Å². The van der Waals surface area contributed by atoms with E-state index < -0.39 is 9.85 Å². The fourth-order valence-corrected chi connectivity index (χ4v) is 2.64. The zero-order chi connectivity index (χ0) is 17.6. The summed E-state index contributed by atoms with van der Waals surface area (Å²) in [6.07, 6.45) is 0. The Morgan fingerprint density at radius 3 is 2.42 bits per heavy atom. The minimum absolute atomic E-state index is 0.0493. The van der Waals surface area contributed by atoms with Crippen LogP contribution in [-0.4, -0.2) is 19.4 Å². The van der Waals surface area contributed by atoms with Crippen LogP contribution in [0, 0.1) is 27.2 Å². The van der Waals surface area contributed by atoms with E-state index >= 15 is 0 Å². The van der Waals surface area contributed by atoms with Gasteiger partial charge in [0.2, 0.25) is 0 Å². The van der Waals surface area contributed by atoms with Crippen molar-refractivity contribution in [2.45, 2.75) is 6.92 Å². The van der Waals surface area contributed by atoms with E-state index in [9.17, 15) is 20.2 Å². The Kier molecular flexibility index (Phi) is 3.29. The molecular formula is C14H12N6O4. The summed E-state index contributed by atoms with van der Waals surface area (Å²) < 4.78 is 1.35. The van der Waals surface area contributed by atoms with Crippen molar-refractivity contribution in [3.05, 3.63) is 56.4 Å². The highest BCUT2D eigenvalue weighted by molar-refractivity contribution is 5.93. The third kappa shape index (κ3) is 2.17. The Morgan fingerprint density at radius 1 is 1.08 bits per heavy atom. The van der Waals surface area contributed by atoms with Gasteiger partial charge in [0, 0.05) is 11.8 Å². The maximum absolute atomic E-state index is 11.4. The van der Waals surface area contributed by atoms with E-state index in [-0.39, 0.29) is 34.0 Å². The largest absolute Gasteiger partial charge is 0.399 e. The van der Waals surface area contributed by atoms with Crippen molar-refractivity contribution in [1.82, 2.24) is 9.55 Å². The number of nitrogens with zero attached hydrogens (tertiary/aromatic N) is 4. The van der Waals surface area contributed by atoms with Gasteiger partial charge in [-0.25, -0.2) is 4.98 Å². The maximum atomic E-state index is 11.4. The standard InChI is InChI=1S/C14H12N6O4/c1-7-17-10-4-3-9(16)13(20(23)24)14(10)18(7)11-5-2-8(15)6-12(11)19(21)22/h2-6H,15-16H2,1H3. The lowest BCUT2D eigenvalue weighted by atomic mass is 10.2. The summed E-state index contributed by atoms with van der Waals surface area (Å²) in [7, 11) is 0. The number of hydrogen-bond donors (Lipinski definition) is 2. The van der Waals surface area contributed by atoms with Crippen LogP contribution in [0.4, 0.5) is 22.7 Å². The van der Waals surface area contributed by atoms with Gasteiger partial charge < -0.3 is 11.5 Å². The first kappa shape index (κ1) is 15.2. The molecule has 0 saturated carbocycles.